The summed E-state index contributed by atoms with van der Waals surface area (Å²) < 4.78 is 0. The fourth-order valence-electron chi connectivity index (χ4n) is 1.91. The summed E-state index contributed by atoms with van der Waals surface area (Å²) in [4.78, 5) is 1.69. The average molecular weight is 368 g/mol. The normalized spacial score (nSPS) is 12.9. The van der Waals surface area contributed by atoms with E-state index in [1.165, 1.54) is 0 Å². The fraction of sp³-hybridized carbons (Fsp3) is 0.250. The van der Waals surface area contributed by atoms with E-state index in [9.17, 15) is 0 Å². The summed E-state index contributed by atoms with van der Waals surface area (Å²) in [6.45, 7) is 4.26. The fourth-order valence-corrected chi connectivity index (χ4v) is 2.32. The van der Waals surface area contributed by atoms with Gasteiger partial charge >= 0.3 is 0 Å². The Bertz CT molecular complexity index is 526. The molecular formula is C16H18N2S2Zn-2. The first-order chi connectivity index (χ1) is 9.58. The maximum atomic E-state index is 5.31. The number of rotatable bonds is 5. The molecule has 2 aromatic carbocycles. The van der Waals surface area contributed by atoms with Gasteiger partial charge in [-0.1, -0.05) is 36.4 Å². The van der Waals surface area contributed by atoms with Crippen molar-refractivity contribution in [3.05, 3.63) is 48.5 Å². The van der Waals surface area contributed by atoms with E-state index >= 15 is 0 Å². The molecule has 2 nitrogen and oxygen atoms in total. The molecule has 0 aliphatic rings. The van der Waals surface area contributed by atoms with Crippen molar-refractivity contribution < 1.29 is 19.5 Å². The molecule has 0 amide bonds. The third-order valence-corrected chi connectivity index (χ3v) is 4.00. The summed E-state index contributed by atoms with van der Waals surface area (Å²) in [5.74, 6) is 0. The minimum Gasteiger partial charge on any atom is -0.778 e. The Labute approximate surface area is 150 Å². The molecule has 0 bridgehead atoms. The average Bonchev–Trinajstić information content (AvgIpc) is 2.43. The Morgan fingerprint density at radius 2 is 1.05 bits per heavy atom. The van der Waals surface area contributed by atoms with Gasteiger partial charge in [-0.15, -0.1) is 0 Å². The molecule has 0 aliphatic heterocycles. The van der Waals surface area contributed by atoms with Crippen molar-refractivity contribution in [2.75, 3.05) is 10.6 Å². The first-order valence-electron chi connectivity index (χ1n) is 6.63. The van der Waals surface area contributed by atoms with Crippen LogP contribution >= 0.6 is 0 Å². The summed E-state index contributed by atoms with van der Waals surface area (Å²) in [7, 11) is 0. The summed E-state index contributed by atoms with van der Waals surface area (Å²) in [5, 5.41) is 6.90. The molecule has 2 unspecified atom stereocenters. The minimum absolute atomic E-state index is 0. The molecular weight excluding hydrogens is 350 g/mol. The van der Waals surface area contributed by atoms with Crippen LogP contribution in [-0.2, 0) is 44.7 Å². The van der Waals surface area contributed by atoms with Crippen LogP contribution in [0.3, 0.4) is 0 Å². The molecule has 2 N–H and O–H groups in total. The van der Waals surface area contributed by atoms with E-state index in [0.717, 1.165) is 21.2 Å². The predicted octanol–water partition coefficient (Wildman–Crippen LogP) is 3.80. The van der Waals surface area contributed by atoms with Gasteiger partial charge in [-0.2, -0.15) is 9.79 Å². The number of para-hydroxylation sites is 2. The van der Waals surface area contributed by atoms with Crippen LogP contribution in [-0.4, -0.2) is 12.1 Å². The third-order valence-electron chi connectivity index (χ3n) is 3.29. The second-order valence-electron chi connectivity index (χ2n) is 4.86. The van der Waals surface area contributed by atoms with E-state index in [-0.39, 0.29) is 31.6 Å². The molecule has 21 heavy (non-hydrogen) atoms. The quantitative estimate of drug-likeness (QED) is 0.620. The van der Waals surface area contributed by atoms with Crippen molar-refractivity contribution >= 4 is 36.6 Å². The van der Waals surface area contributed by atoms with Gasteiger partial charge in [0.15, 0.2) is 0 Å². The van der Waals surface area contributed by atoms with Crippen LogP contribution in [0.5, 0.6) is 0 Å². The van der Waals surface area contributed by atoms with Crippen molar-refractivity contribution in [3.8, 4) is 0 Å². The maximum absolute atomic E-state index is 5.31. The monoisotopic (exact) mass is 366 g/mol. The summed E-state index contributed by atoms with van der Waals surface area (Å²) >= 11 is 10.6. The van der Waals surface area contributed by atoms with E-state index in [2.05, 4.69) is 24.5 Å². The third kappa shape index (κ3) is 5.10. The number of anilines is 2. The van der Waals surface area contributed by atoms with Crippen molar-refractivity contribution in [1.82, 2.24) is 0 Å². The second-order valence-corrected chi connectivity index (χ2v) is 5.74. The van der Waals surface area contributed by atoms with Gasteiger partial charge in [-0.05, 0) is 26.0 Å². The van der Waals surface area contributed by atoms with Crippen LogP contribution in [0, 0.1) is 0 Å². The predicted molar refractivity (Wildman–Crippen MR) is 90.3 cm³/mol. The zero-order valence-electron chi connectivity index (χ0n) is 12.3. The van der Waals surface area contributed by atoms with E-state index in [1.54, 1.807) is 0 Å². The summed E-state index contributed by atoms with van der Waals surface area (Å²) in [6.07, 6.45) is 0. The minimum atomic E-state index is 0. The van der Waals surface area contributed by atoms with Gasteiger partial charge in [-0.3, -0.25) is 0 Å². The molecule has 0 aliphatic carbocycles. The molecule has 2 atom stereocenters. The van der Waals surface area contributed by atoms with Crippen molar-refractivity contribution in [1.29, 1.82) is 0 Å². The molecule has 2 rings (SSSR count). The number of nitrogens with one attached hydrogen (secondary N) is 2. The molecule has 2 aromatic rings. The van der Waals surface area contributed by atoms with E-state index in [0.29, 0.717) is 0 Å². The molecule has 108 valence electrons. The molecule has 0 saturated heterocycles. The molecule has 0 fully saturated rings. The number of benzene rings is 2. The molecule has 5 heteroatoms. The standard InChI is InChI=1S/C16H20N2S2.Zn/c1-11(17-13-7-3-5-9-15(13)19)12(2)18-14-8-4-6-10-16(14)20;/h3-12,17-20H,1-2H3;/p-2. The zero-order valence-corrected chi connectivity index (χ0v) is 16.9. The maximum Gasteiger partial charge on any atom is 0.0431 e. The summed E-state index contributed by atoms with van der Waals surface area (Å²) in [5.41, 5.74) is 1.99. The van der Waals surface area contributed by atoms with Crippen LogP contribution in [0.1, 0.15) is 13.8 Å². The first kappa shape index (κ1) is 18.2. The van der Waals surface area contributed by atoms with E-state index < -0.39 is 0 Å². The van der Waals surface area contributed by atoms with Crippen molar-refractivity contribution in [2.45, 2.75) is 35.7 Å². The van der Waals surface area contributed by atoms with Crippen LogP contribution < -0.4 is 10.6 Å². The van der Waals surface area contributed by atoms with Gasteiger partial charge in [-0.25, -0.2) is 0 Å². The van der Waals surface area contributed by atoms with Crippen LogP contribution in [0.15, 0.2) is 58.3 Å². The van der Waals surface area contributed by atoms with E-state index in [1.807, 2.05) is 48.5 Å². The van der Waals surface area contributed by atoms with Crippen LogP contribution in [0.4, 0.5) is 11.4 Å². The molecule has 0 radical (unpaired) electrons. The van der Waals surface area contributed by atoms with Gasteiger partial charge in [0, 0.05) is 42.9 Å². The van der Waals surface area contributed by atoms with Crippen molar-refractivity contribution in [3.63, 3.8) is 0 Å². The van der Waals surface area contributed by atoms with Gasteiger partial charge < -0.3 is 35.9 Å². The number of hydrogen-bond acceptors (Lipinski definition) is 4. The van der Waals surface area contributed by atoms with Crippen molar-refractivity contribution in [2.24, 2.45) is 0 Å². The second kappa shape index (κ2) is 8.52. The molecule has 0 heterocycles. The molecule has 0 saturated carbocycles. The van der Waals surface area contributed by atoms with Gasteiger partial charge in [0.05, 0.1) is 0 Å². The van der Waals surface area contributed by atoms with Gasteiger partial charge in [0.1, 0.15) is 0 Å². The Balaban J connectivity index is 0.00000220. The number of hydrogen-bond donors (Lipinski definition) is 2. The Morgan fingerprint density at radius 3 is 1.38 bits per heavy atom. The van der Waals surface area contributed by atoms with Crippen LogP contribution in [0.2, 0.25) is 0 Å². The molecule has 0 spiro atoms. The zero-order chi connectivity index (χ0) is 14.5. The SMILES string of the molecule is CC(Nc1ccccc1[S-])C(C)Nc1ccccc1[S-].[Zn]. The molecule has 0 aromatic heterocycles. The summed E-state index contributed by atoms with van der Waals surface area (Å²) in [6, 6.07) is 16.2. The Hall–Kier alpha value is -0.897. The topological polar surface area (TPSA) is 24.1 Å². The Morgan fingerprint density at radius 1 is 0.714 bits per heavy atom. The van der Waals surface area contributed by atoms with Crippen LogP contribution in [0.25, 0.3) is 0 Å². The largest absolute Gasteiger partial charge is 0.778 e. The first-order valence-corrected chi connectivity index (χ1v) is 7.44. The smallest absolute Gasteiger partial charge is 0.0431 e. The van der Waals surface area contributed by atoms with Gasteiger partial charge in [0.2, 0.25) is 0 Å². The van der Waals surface area contributed by atoms with Gasteiger partial charge in [0.25, 0.3) is 0 Å². The van der Waals surface area contributed by atoms with E-state index in [4.69, 9.17) is 25.3 Å². The Kier molecular flexibility index (Phi) is 7.37.